The maximum absolute atomic E-state index is 12.5. The van der Waals surface area contributed by atoms with E-state index < -0.39 is 0 Å². The summed E-state index contributed by atoms with van der Waals surface area (Å²) in [5.74, 6) is 1.11. The summed E-state index contributed by atoms with van der Waals surface area (Å²) < 4.78 is 5.93. The molecule has 144 valence electrons. The van der Waals surface area contributed by atoms with Crippen LogP contribution in [0.1, 0.15) is 21.7 Å². The van der Waals surface area contributed by atoms with Crippen LogP contribution in [-0.4, -0.2) is 47.2 Å². The van der Waals surface area contributed by atoms with Crippen molar-refractivity contribution in [3.05, 3.63) is 64.0 Å². The lowest BCUT2D eigenvalue weighted by atomic mass is 10.0. The van der Waals surface area contributed by atoms with Crippen molar-refractivity contribution in [1.29, 1.82) is 0 Å². The predicted molar refractivity (Wildman–Crippen MR) is 111 cm³/mol. The number of rotatable bonds is 3. The molecule has 0 radical (unpaired) electrons. The van der Waals surface area contributed by atoms with E-state index in [-0.39, 0.29) is 5.91 Å². The van der Waals surface area contributed by atoms with Crippen LogP contribution in [0, 0.1) is 13.8 Å². The van der Waals surface area contributed by atoms with Crippen LogP contribution < -0.4 is 4.90 Å². The second-order valence-electron chi connectivity index (χ2n) is 6.96. The molecular weight excluding hydrogens is 420 g/mol. The third kappa shape index (κ3) is 3.80. The summed E-state index contributed by atoms with van der Waals surface area (Å²) in [6.07, 6.45) is 0. The Hall–Kier alpha value is -2.67. The molecule has 28 heavy (non-hydrogen) atoms. The van der Waals surface area contributed by atoms with Crippen LogP contribution in [0.2, 0.25) is 0 Å². The number of aromatic nitrogens is 2. The molecule has 3 aromatic rings. The Labute approximate surface area is 172 Å². The van der Waals surface area contributed by atoms with Crippen LogP contribution in [0.3, 0.4) is 0 Å². The summed E-state index contributed by atoms with van der Waals surface area (Å²) in [7, 11) is 0. The van der Waals surface area contributed by atoms with Gasteiger partial charge in [-0.15, -0.1) is 10.2 Å². The molecule has 1 aliphatic heterocycles. The van der Waals surface area contributed by atoms with Gasteiger partial charge in [0.25, 0.3) is 5.91 Å². The molecule has 6 nitrogen and oxygen atoms in total. The molecule has 7 heteroatoms. The summed E-state index contributed by atoms with van der Waals surface area (Å²) in [5, 5.41) is 8.82. The van der Waals surface area contributed by atoms with Gasteiger partial charge in [-0.2, -0.15) is 0 Å². The molecule has 0 unspecified atom stereocenters. The minimum atomic E-state index is -0.0819. The number of halogens is 1. The molecule has 0 aliphatic carbocycles. The van der Waals surface area contributed by atoms with Crippen LogP contribution in [0.15, 0.2) is 51.6 Å². The van der Waals surface area contributed by atoms with Crippen LogP contribution in [0.25, 0.3) is 11.3 Å². The van der Waals surface area contributed by atoms with Gasteiger partial charge in [0.1, 0.15) is 0 Å². The first-order chi connectivity index (χ1) is 13.5. The molecule has 0 spiro atoms. The van der Waals surface area contributed by atoms with Gasteiger partial charge in [-0.25, -0.2) is 0 Å². The Kier molecular flexibility index (Phi) is 5.17. The molecular formula is C21H21BrN4O2. The van der Waals surface area contributed by atoms with Gasteiger partial charge in [-0.05, 0) is 71.2 Å². The third-order valence-corrected chi connectivity index (χ3v) is 5.55. The highest BCUT2D eigenvalue weighted by molar-refractivity contribution is 9.10. The average molecular weight is 441 g/mol. The van der Waals surface area contributed by atoms with E-state index in [1.165, 1.54) is 11.1 Å². The molecule has 1 aliphatic rings. The van der Waals surface area contributed by atoms with E-state index in [4.69, 9.17) is 4.42 Å². The maximum atomic E-state index is 12.5. The minimum absolute atomic E-state index is 0.0819. The number of nitrogens with zero attached hydrogens (tertiary/aromatic N) is 4. The molecule has 0 atom stereocenters. The first-order valence-corrected chi connectivity index (χ1v) is 10.0. The normalized spacial score (nSPS) is 14.4. The van der Waals surface area contributed by atoms with Gasteiger partial charge in [0.15, 0.2) is 16.2 Å². The Bertz CT molecular complexity index is 992. The largest absolute Gasteiger partial charge is 0.444 e. The van der Waals surface area contributed by atoms with Gasteiger partial charge in [-0.3, -0.25) is 4.79 Å². The third-order valence-electron chi connectivity index (χ3n) is 5.13. The smallest absolute Gasteiger partial charge is 0.289 e. The summed E-state index contributed by atoms with van der Waals surface area (Å²) in [5.41, 5.74) is 4.45. The number of carbonyl (C=O) groups is 1. The number of anilines is 1. The van der Waals surface area contributed by atoms with Crippen LogP contribution in [-0.2, 0) is 0 Å². The van der Waals surface area contributed by atoms with Gasteiger partial charge in [-0.1, -0.05) is 12.1 Å². The van der Waals surface area contributed by atoms with E-state index in [1.54, 1.807) is 17.0 Å². The molecule has 0 saturated carbocycles. The van der Waals surface area contributed by atoms with Gasteiger partial charge >= 0.3 is 0 Å². The summed E-state index contributed by atoms with van der Waals surface area (Å²) >= 11 is 3.23. The lowest BCUT2D eigenvalue weighted by molar-refractivity contribution is 0.0713. The summed E-state index contributed by atoms with van der Waals surface area (Å²) in [6.45, 7) is 6.87. The number of aryl methyl sites for hydroxylation is 2. The predicted octanol–water partition coefficient (Wildman–Crippen LogP) is 4.08. The summed E-state index contributed by atoms with van der Waals surface area (Å²) in [6, 6.07) is 13.7. The molecule has 1 amide bonds. The van der Waals surface area contributed by atoms with Crippen molar-refractivity contribution in [3.8, 4) is 11.3 Å². The van der Waals surface area contributed by atoms with Crippen molar-refractivity contribution >= 4 is 27.7 Å². The van der Waals surface area contributed by atoms with Gasteiger partial charge in [0.2, 0.25) is 0 Å². The van der Waals surface area contributed by atoms with Crippen molar-refractivity contribution in [2.45, 2.75) is 13.8 Å². The van der Waals surface area contributed by atoms with E-state index in [2.05, 4.69) is 63.1 Å². The highest BCUT2D eigenvalue weighted by Gasteiger charge is 2.25. The van der Waals surface area contributed by atoms with Crippen molar-refractivity contribution in [3.63, 3.8) is 0 Å². The van der Waals surface area contributed by atoms with Gasteiger partial charge in [0.05, 0.1) is 5.69 Å². The zero-order chi connectivity index (χ0) is 19.7. The number of hydrogen-bond donors (Lipinski definition) is 0. The standard InChI is InChI=1S/C21H21BrN4O2/c1-14-3-4-16(13-15(14)2)17-5-8-20(24-23-17)25-9-11-26(12-10-25)21(27)18-6-7-19(22)28-18/h3-8,13H,9-12H2,1-2H3. The molecule has 0 N–H and O–H groups in total. The zero-order valence-corrected chi connectivity index (χ0v) is 17.4. The van der Waals surface area contributed by atoms with E-state index in [0.29, 0.717) is 36.6 Å². The van der Waals surface area contributed by atoms with E-state index in [0.717, 1.165) is 17.1 Å². The Morgan fingerprint density at radius 1 is 0.964 bits per heavy atom. The van der Waals surface area contributed by atoms with Crippen molar-refractivity contribution in [2.24, 2.45) is 0 Å². The fraction of sp³-hybridized carbons (Fsp3) is 0.286. The van der Waals surface area contributed by atoms with Crippen LogP contribution in [0.5, 0.6) is 0 Å². The Balaban J connectivity index is 1.40. The number of carbonyl (C=O) groups excluding carboxylic acids is 1. The lowest BCUT2D eigenvalue weighted by Crippen LogP contribution is -2.49. The lowest BCUT2D eigenvalue weighted by Gasteiger charge is -2.34. The number of hydrogen-bond acceptors (Lipinski definition) is 5. The Morgan fingerprint density at radius 3 is 2.36 bits per heavy atom. The SMILES string of the molecule is Cc1ccc(-c2ccc(N3CCN(C(=O)c4ccc(Br)o4)CC3)nn2)cc1C. The zero-order valence-electron chi connectivity index (χ0n) is 15.9. The monoisotopic (exact) mass is 440 g/mol. The maximum Gasteiger partial charge on any atom is 0.289 e. The fourth-order valence-corrected chi connectivity index (χ4v) is 3.58. The topological polar surface area (TPSA) is 62.5 Å². The second kappa shape index (κ2) is 7.75. The van der Waals surface area contributed by atoms with Crippen LogP contribution in [0.4, 0.5) is 5.82 Å². The number of piperazine rings is 1. The first kappa shape index (κ1) is 18.7. The van der Waals surface area contributed by atoms with E-state index in [9.17, 15) is 4.79 Å². The molecule has 1 aromatic carbocycles. The van der Waals surface area contributed by atoms with Crippen LogP contribution >= 0.6 is 15.9 Å². The van der Waals surface area contributed by atoms with Gasteiger partial charge < -0.3 is 14.2 Å². The summed E-state index contributed by atoms with van der Waals surface area (Å²) in [4.78, 5) is 16.4. The number of amides is 1. The van der Waals surface area contributed by atoms with Crippen molar-refractivity contribution in [1.82, 2.24) is 15.1 Å². The number of furan rings is 1. The Morgan fingerprint density at radius 2 is 1.75 bits per heavy atom. The number of benzene rings is 1. The molecule has 2 aromatic heterocycles. The molecule has 0 bridgehead atoms. The molecule has 1 fully saturated rings. The minimum Gasteiger partial charge on any atom is -0.444 e. The average Bonchev–Trinajstić information content (AvgIpc) is 3.16. The highest BCUT2D eigenvalue weighted by atomic mass is 79.9. The van der Waals surface area contributed by atoms with Crippen molar-refractivity contribution < 1.29 is 9.21 Å². The highest BCUT2D eigenvalue weighted by Crippen LogP contribution is 2.22. The fourth-order valence-electron chi connectivity index (χ4n) is 3.27. The second-order valence-corrected chi connectivity index (χ2v) is 7.74. The van der Waals surface area contributed by atoms with Gasteiger partial charge in [0, 0.05) is 31.7 Å². The quantitative estimate of drug-likeness (QED) is 0.613. The molecule has 1 saturated heterocycles. The first-order valence-electron chi connectivity index (χ1n) is 9.22. The molecule has 3 heterocycles. The van der Waals surface area contributed by atoms with Crippen molar-refractivity contribution in [2.75, 3.05) is 31.1 Å². The molecule has 4 rings (SSSR count). The van der Waals surface area contributed by atoms with E-state index in [1.807, 2.05) is 12.1 Å². The van der Waals surface area contributed by atoms with E-state index >= 15 is 0 Å².